The van der Waals surface area contributed by atoms with Crippen molar-refractivity contribution in [2.24, 2.45) is 0 Å². The molecular weight excluding hydrogens is 230 g/mol. The lowest BCUT2D eigenvalue weighted by Gasteiger charge is -2.19. The van der Waals surface area contributed by atoms with Gasteiger partial charge in [0.25, 0.3) is 0 Å². The van der Waals surface area contributed by atoms with Crippen LogP contribution in [0.15, 0.2) is 42.5 Å². The highest BCUT2D eigenvalue weighted by Crippen LogP contribution is 2.25. The fourth-order valence-electron chi connectivity index (χ4n) is 1.57. The lowest BCUT2D eigenvalue weighted by molar-refractivity contribution is 0.653. The van der Waals surface area contributed by atoms with Gasteiger partial charge in [-0.2, -0.15) is 0 Å². The Morgan fingerprint density at radius 2 is 1.65 bits per heavy atom. The number of hydrogen-bond acceptors (Lipinski definition) is 1. The third-order valence-corrected chi connectivity index (χ3v) is 4.07. The molecule has 90 valence electrons. The quantitative estimate of drug-likeness (QED) is 0.861. The van der Waals surface area contributed by atoms with Crippen LogP contribution in [0.2, 0.25) is 0 Å². The maximum Gasteiger partial charge on any atom is 0.122 e. The van der Waals surface area contributed by atoms with Gasteiger partial charge in [-0.3, -0.25) is 0 Å². The highest BCUT2D eigenvalue weighted by Gasteiger charge is 2.19. The highest BCUT2D eigenvalue weighted by molar-refractivity contribution is 7.87. The first-order valence-electron chi connectivity index (χ1n) is 5.65. The minimum absolute atomic E-state index is 0.267. The summed E-state index contributed by atoms with van der Waals surface area (Å²) in [7, 11) is -1.09. The molecule has 0 saturated heterocycles. The molecule has 0 aliphatic carbocycles. The maximum absolute atomic E-state index is 12.1. The second-order valence-corrected chi connectivity index (χ2v) is 6.98. The molecule has 1 atom stereocenters. The van der Waals surface area contributed by atoms with Gasteiger partial charge in [0.2, 0.25) is 0 Å². The van der Waals surface area contributed by atoms with Crippen molar-refractivity contribution >= 4 is 27.4 Å². The lowest BCUT2D eigenvalue weighted by Crippen LogP contribution is -2.27. The molecule has 17 heavy (non-hydrogen) atoms. The van der Waals surface area contributed by atoms with Gasteiger partial charge >= 0.3 is 0 Å². The van der Waals surface area contributed by atoms with Gasteiger partial charge in [0.05, 0.1) is 10.4 Å². The molecule has 0 amide bonds. The highest BCUT2D eigenvalue weighted by atomic mass is 32.2. The fraction of sp³-hybridized carbons (Fsp3) is 0.286. The van der Waals surface area contributed by atoms with E-state index in [9.17, 15) is 4.21 Å². The molecule has 2 aromatic carbocycles. The molecule has 0 fully saturated rings. The van der Waals surface area contributed by atoms with Crippen LogP contribution in [-0.2, 0) is 11.0 Å². The molecule has 1 N–H and O–H groups in total. The van der Waals surface area contributed by atoms with Crippen LogP contribution in [0, 0.1) is 0 Å². The van der Waals surface area contributed by atoms with Crippen LogP contribution in [0.4, 0.5) is 5.69 Å². The summed E-state index contributed by atoms with van der Waals surface area (Å²) in [5, 5.41) is 2.26. The Kier molecular flexibility index (Phi) is 3.20. The van der Waals surface area contributed by atoms with Gasteiger partial charge in [0.15, 0.2) is 0 Å². The van der Waals surface area contributed by atoms with Crippen LogP contribution in [-0.4, -0.2) is 8.96 Å². The first-order valence-corrected chi connectivity index (χ1v) is 6.80. The Labute approximate surface area is 105 Å². The van der Waals surface area contributed by atoms with Crippen LogP contribution < -0.4 is 4.72 Å². The molecule has 2 rings (SSSR count). The van der Waals surface area contributed by atoms with Gasteiger partial charge in [-0.15, -0.1) is 0 Å². The average molecular weight is 247 g/mol. The molecular formula is C14H17NOS. The first kappa shape index (κ1) is 12.1. The summed E-state index contributed by atoms with van der Waals surface area (Å²) in [6.07, 6.45) is 0. The topological polar surface area (TPSA) is 29.1 Å². The van der Waals surface area contributed by atoms with Crippen molar-refractivity contribution in [3.8, 4) is 0 Å². The standard InChI is InChI=1S/C14H17NOS/c1-14(2,3)17(16)15-13-10-6-8-11-7-4-5-9-12(11)13/h4-10,15H,1-3H3. The first-order chi connectivity index (χ1) is 7.98. The Morgan fingerprint density at radius 3 is 2.35 bits per heavy atom. The van der Waals surface area contributed by atoms with E-state index in [2.05, 4.69) is 16.9 Å². The van der Waals surface area contributed by atoms with Crippen molar-refractivity contribution in [3.05, 3.63) is 42.5 Å². The molecule has 0 radical (unpaired) electrons. The third kappa shape index (κ3) is 2.67. The summed E-state index contributed by atoms with van der Waals surface area (Å²) in [6, 6.07) is 14.1. The van der Waals surface area contributed by atoms with Crippen molar-refractivity contribution < 1.29 is 4.21 Å². The summed E-state index contributed by atoms with van der Waals surface area (Å²) in [6.45, 7) is 5.88. The molecule has 0 saturated carbocycles. The zero-order valence-corrected chi connectivity index (χ0v) is 11.2. The molecule has 0 aromatic heterocycles. The van der Waals surface area contributed by atoms with Crippen LogP contribution in [0.5, 0.6) is 0 Å². The number of benzene rings is 2. The van der Waals surface area contributed by atoms with E-state index < -0.39 is 11.0 Å². The van der Waals surface area contributed by atoms with Gasteiger partial charge in [-0.05, 0) is 32.2 Å². The molecule has 0 aliphatic heterocycles. The van der Waals surface area contributed by atoms with E-state index in [0.29, 0.717) is 0 Å². The normalized spacial score (nSPS) is 13.6. The number of rotatable bonds is 2. The van der Waals surface area contributed by atoms with Crippen molar-refractivity contribution in [1.82, 2.24) is 0 Å². The van der Waals surface area contributed by atoms with Crippen LogP contribution in [0.3, 0.4) is 0 Å². The summed E-state index contributed by atoms with van der Waals surface area (Å²) < 4.78 is 14.9. The molecule has 1 unspecified atom stereocenters. The molecule has 0 spiro atoms. The van der Waals surface area contributed by atoms with E-state index in [0.717, 1.165) is 16.5 Å². The minimum atomic E-state index is -1.09. The second-order valence-electron chi connectivity index (χ2n) is 5.01. The van der Waals surface area contributed by atoms with Gasteiger partial charge in [0, 0.05) is 5.39 Å². The predicted molar refractivity (Wildman–Crippen MR) is 75.5 cm³/mol. The largest absolute Gasteiger partial charge is 0.304 e. The van der Waals surface area contributed by atoms with Crippen LogP contribution in [0.1, 0.15) is 20.8 Å². The smallest absolute Gasteiger partial charge is 0.122 e. The predicted octanol–water partition coefficient (Wildman–Crippen LogP) is 3.71. The molecule has 0 heterocycles. The van der Waals surface area contributed by atoms with E-state index in [1.807, 2.05) is 51.1 Å². The monoisotopic (exact) mass is 247 g/mol. The second kappa shape index (κ2) is 4.49. The van der Waals surface area contributed by atoms with E-state index in [4.69, 9.17) is 0 Å². The molecule has 3 heteroatoms. The third-order valence-electron chi connectivity index (χ3n) is 2.55. The van der Waals surface area contributed by atoms with E-state index in [-0.39, 0.29) is 4.75 Å². The molecule has 0 bridgehead atoms. The molecule has 0 aliphatic rings. The Bertz CT molecular complexity index is 552. The van der Waals surface area contributed by atoms with Crippen molar-refractivity contribution in [1.29, 1.82) is 0 Å². The average Bonchev–Trinajstić information content (AvgIpc) is 2.28. The van der Waals surface area contributed by atoms with Crippen LogP contribution >= 0.6 is 0 Å². The summed E-state index contributed by atoms with van der Waals surface area (Å²) in [5.74, 6) is 0. The van der Waals surface area contributed by atoms with Gasteiger partial charge in [-0.25, -0.2) is 4.21 Å². The Hall–Kier alpha value is -1.35. The summed E-state index contributed by atoms with van der Waals surface area (Å²) >= 11 is 0. The van der Waals surface area contributed by atoms with Gasteiger partial charge in [0.1, 0.15) is 11.0 Å². The number of anilines is 1. The summed E-state index contributed by atoms with van der Waals surface area (Å²) in [5.41, 5.74) is 0.927. The lowest BCUT2D eigenvalue weighted by atomic mass is 10.1. The maximum atomic E-state index is 12.1. The SMILES string of the molecule is CC(C)(C)S(=O)Nc1cccc2ccccc12. The van der Waals surface area contributed by atoms with E-state index in [1.54, 1.807) is 0 Å². The van der Waals surface area contributed by atoms with Crippen molar-refractivity contribution in [3.63, 3.8) is 0 Å². The van der Waals surface area contributed by atoms with E-state index in [1.165, 1.54) is 0 Å². The van der Waals surface area contributed by atoms with Crippen LogP contribution in [0.25, 0.3) is 10.8 Å². The number of fused-ring (bicyclic) bond motifs is 1. The summed E-state index contributed by atoms with van der Waals surface area (Å²) in [4.78, 5) is 0. The minimum Gasteiger partial charge on any atom is -0.304 e. The number of hydrogen-bond donors (Lipinski definition) is 1. The molecule has 2 nitrogen and oxygen atoms in total. The van der Waals surface area contributed by atoms with Crippen molar-refractivity contribution in [2.45, 2.75) is 25.5 Å². The Balaban J connectivity index is 2.40. The Morgan fingerprint density at radius 1 is 1.00 bits per heavy atom. The molecule has 2 aromatic rings. The fourth-order valence-corrected chi connectivity index (χ4v) is 2.25. The zero-order valence-electron chi connectivity index (χ0n) is 10.4. The zero-order chi connectivity index (χ0) is 12.5. The van der Waals surface area contributed by atoms with E-state index >= 15 is 0 Å². The van der Waals surface area contributed by atoms with Gasteiger partial charge < -0.3 is 4.72 Å². The van der Waals surface area contributed by atoms with Gasteiger partial charge in [-0.1, -0.05) is 36.4 Å². The van der Waals surface area contributed by atoms with Crippen molar-refractivity contribution in [2.75, 3.05) is 4.72 Å². The number of nitrogens with one attached hydrogen (secondary N) is 1.